The first-order chi connectivity index (χ1) is 15.5. The van der Waals surface area contributed by atoms with Crippen molar-refractivity contribution in [3.8, 4) is 5.75 Å². The van der Waals surface area contributed by atoms with Crippen molar-refractivity contribution in [1.82, 2.24) is 9.80 Å². The minimum atomic E-state index is -0.286. The first-order valence-corrected chi connectivity index (χ1v) is 11.1. The number of hydrogen-bond donors (Lipinski definition) is 1. The van der Waals surface area contributed by atoms with Gasteiger partial charge in [-0.25, -0.2) is 0 Å². The highest BCUT2D eigenvalue weighted by Crippen LogP contribution is 2.32. The number of amides is 2. The van der Waals surface area contributed by atoms with E-state index in [1.54, 1.807) is 19.2 Å². The molecule has 1 N–H and O–H groups in total. The van der Waals surface area contributed by atoms with Crippen LogP contribution in [0.1, 0.15) is 18.9 Å². The van der Waals surface area contributed by atoms with Crippen molar-refractivity contribution in [3.05, 3.63) is 59.8 Å². The van der Waals surface area contributed by atoms with Crippen LogP contribution in [0.2, 0.25) is 0 Å². The predicted octanol–water partition coefficient (Wildman–Crippen LogP) is 3.05. The summed E-state index contributed by atoms with van der Waals surface area (Å²) in [6.45, 7) is 6.43. The fourth-order valence-electron chi connectivity index (χ4n) is 4.11. The van der Waals surface area contributed by atoms with Crippen molar-refractivity contribution in [1.29, 1.82) is 0 Å². The minimum absolute atomic E-state index is 0.265. The first kappa shape index (κ1) is 21.9. The molecule has 32 heavy (non-hydrogen) atoms. The summed E-state index contributed by atoms with van der Waals surface area (Å²) in [5.41, 5.74) is 3.35. The van der Waals surface area contributed by atoms with E-state index in [0.717, 1.165) is 37.6 Å². The van der Waals surface area contributed by atoms with Gasteiger partial charge in [-0.1, -0.05) is 19.1 Å². The summed E-state index contributed by atoms with van der Waals surface area (Å²) in [6, 6.07) is 15.3. The molecule has 7 nitrogen and oxygen atoms in total. The third-order valence-corrected chi connectivity index (χ3v) is 6.00. The van der Waals surface area contributed by atoms with Crippen molar-refractivity contribution < 1.29 is 14.3 Å². The maximum atomic E-state index is 13.1. The molecular formula is C25H30N4O3. The van der Waals surface area contributed by atoms with Crippen LogP contribution in [0.15, 0.2) is 54.2 Å². The van der Waals surface area contributed by atoms with Crippen molar-refractivity contribution in [2.24, 2.45) is 0 Å². The summed E-state index contributed by atoms with van der Waals surface area (Å²) < 4.78 is 5.23. The number of likely N-dealkylation sites (N-methyl/N-ethyl adjacent to an activating group) is 1. The van der Waals surface area contributed by atoms with Gasteiger partial charge in [-0.05, 0) is 55.4 Å². The van der Waals surface area contributed by atoms with E-state index in [1.165, 1.54) is 4.90 Å². The van der Waals surface area contributed by atoms with Gasteiger partial charge in [-0.15, -0.1) is 0 Å². The van der Waals surface area contributed by atoms with Gasteiger partial charge in [-0.2, -0.15) is 0 Å². The Hall–Kier alpha value is -3.32. The zero-order valence-corrected chi connectivity index (χ0v) is 18.9. The quantitative estimate of drug-likeness (QED) is 0.676. The molecule has 0 aromatic heterocycles. The summed E-state index contributed by atoms with van der Waals surface area (Å²) in [6.07, 6.45) is 0.709. The maximum absolute atomic E-state index is 13.1. The second-order valence-corrected chi connectivity index (χ2v) is 8.20. The molecule has 0 unspecified atom stereocenters. The number of anilines is 2. The van der Waals surface area contributed by atoms with Crippen LogP contribution >= 0.6 is 0 Å². The minimum Gasteiger partial charge on any atom is -0.497 e. The van der Waals surface area contributed by atoms with Crippen molar-refractivity contribution in [2.75, 3.05) is 57.1 Å². The molecule has 0 aliphatic carbocycles. The van der Waals surface area contributed by atoms with E-state index < -0.39 is 0 Å². The van der Waals surface area contributed by atoms with Gasteiger partial charge in [0.2, 0.25) is 0 Å². The number of rotatable bonds is 7. The zero-order chi connectivity index (χ0) is 22.7. The molecule has 0 radical (unpaired) electrons. The fraction of sp³-hybridized carbons (Fsp3) is 0.360. The fourth-order valence-corrected chi connectivity index (χ4v) is 4.11. The van der Waals surface area contributed by atoms with Crippen LogP contribution in [-0.4, -0.2) is 68.5 Å². The van der Waals surface area contributed by atoms with Crippen LogP contribution in [0.4, 0.5) is 11.4 Å². The Morgan fingerprint density at radius 1 is 0.906 bits per heavy atom. The highest BCUT2D eigenvalue weighted by molar-refractivity contribution is 6.36. The molecule has 0 atom stereocenters. The molecule has 2 aliphatic rings. The van der Waals surface area contributed by atoms with Gasteiger partial charge in [0.1, 0.15) is 11.4 Å². The lowest BCUT2D eigenvalue weighted by Gasteiger charge is -2.34. The van der Waals surface area contributed by atoms with Gasteiger partial charge in [0.25, 0.3) is 11.8 Å². The topological polar surface area (TPSA) is 65.1 Å². The molecule has 1 saturated heterocycles. The van der Waals surface area contributed by atoms with Crippen LogP contribution in [-0.2, 0) is 9.59 Å². The van der Waals surface area contributed by atoms with Gasteiger partial charge in [0.05, 0.1) is 12.7 Å². The molecule has 0 spiro atoms. The number of carbonyl (C=O) groups is 2. The van der Waals surface area contributed by atoms with Gasteiger partial charge in [0, 0.05) is 44.1 Å². The van der Waals surface area contributed by atoms with E-state index in [0.29, 0.717) is 35.5 Å². The summed E-state index contributed by atoms with van der Waals surface area (Å²) in [7, 11) is 3.74. The standard InChI is InChI=1S/C25H30N4O3/c1-4-13-29-24(30)22(18-5-11-21(32-3)12-6-18)23(25(29)31)26-19-7-9-20(10-8-19)28-16-14-27(2)15-17-28/h5-12,26H,4,13-17H2,1-3H3. The van der Waals surface area contributed by atoms with Gasteiger partial charge in [-0.3, -0.25) is 14.5 Å². The monoisotopic (exact) mass is 434 g/mol. The molecule has 168 valence electrons. The van der Waals surface area contributed by atoms with Gasteiger partial charge >= 0.3 is 0 Å². The number of nitrogens with zero attached hydrogens (tertiary/aromatic N) is 3. The molecule has 0 bridgehead atoms. The number of ether oxygens (including phenoxy) is 1. The van der Waals surface area contributed by atoms with Crippen molar-refractivity contribution >= 4 is 28.8 Å². The first-order valence-electron chi connectivity index (χ1n) is 11.1. The Morgan fingerprint density at radius 2 is 1.56 bits per heavy atom. The molecule has 1 fully saturated rings. The molecule has 7 heteroatoms. The summed E-state index contributed by atoms with van der Waals surface area (Å²) >= 11 is 0. The van der Waals surface area contributed by atoms with Crippen LogP contribution in [0.3, 0.4) is 0 Å². The average Bonchev–Trinajstić information content (AvgIpc) is 3.05. The Kier molecular flexibility index (Phi) is 6.46. The lowest BCUT2D eigenvalue weighted by molar-refractivity contribution is -0.136. The third kappa shape index (κ3) is 4.34. The Labute approximate surface area is 189 Å². The second-order valence-electron chi connectivity index (χ2n) is 8.20. The molecule has 4 rings (SSSR count). The number of piperazine rings is 1. The third-order valence-electron chi connectivity index (χ3n) is 6.00. The zero-order valence-electron chi connectivity index (χ0n) is 18.9. The molecule has 2 aliphatic heterocycles. The molecule has 2 heterocycles. The van der Waals surface area contributed by atoms with Crippen LogP contribution in [0.25, 0.3) is 5.57 Å². The molecule has 2 amide bonds. The second kappa shape index (κ2) is 9.44. The molecule has 0 saturated carbocycles. The smallest absolute Gasteiger partial charge is 0.278 e. The number of nitrogens with one attached hydrogen (secondary N) is 1. The lowest BCUT2D eigenvalue weighted by Crippen LogP contribution is -2.44. The van der Waals surface area contributed by atoms with E-state index in [4.69, 9.17) is 4.74 Å². The highest BCUT2D eigenvalue weighted by Gasteiger charge is 2.38. The summed E-state index contributed by atoms with van der Waals surface area (Å²) in [5, 5.41) is 3.23. The van der Waals surface area contributed by atoms with E-state index in [1.807, 2.05) is 31.2 Å². The van der Waals surface area contributed by atoms with Crippen LogP contribution in [0, 0.1) is 0 Å². The van der Waals surface area contributed by atoms with E-state index in [-0.39, 0.29) is 11.8 Å². The summed E-state index contributed by atoms with van der Waals surface area (Å²) in [4.78, 5) is 32.2. The number of imide groups is 1. The molecular weight excluding hydrogens is 404 g/mol. The average molecular weight is 435 g/mol. The lowest BCUT2D eigenvalue weighted by atomic mass is 10.0. The SMILES string of the molecule is CCCN1C(=O)C(Nc2ccc(N3CCN(C)CC3)cc2)=C(c2ccc(OC)cc2)C1=O. The van der Waals surface area contributed by atoms with E-state index >= 15 is 0 Å². The maximum Gasteiger partial charge on any atom is 0.278 e. The number of carbonyl (C=O) groups excluding carboxylic acids is 2. The van der Waals surface area contributed by atoms with Gasteiger partial charge < -0.3 is 19.9 Å². The normalized spacial score (nSPS) is 17.3. The Bertz CT molecular complexity index is 1010. The highest BCUT2D eigenvalue weighted by atomic mass is 16.5. The number of methoxy groups -OCH3 is 1. The Balaban J connectivity index is 1.61. The molecule has 2 aromatic rings. The molecule has 2 aromatic carbocycles. The predicted molar refractivity (Wildman–Crippen MR) is 127 cm³/mol. The number of hydrogen-bond acceptors (Lipinski definition) is 6. The largest absolute Gasteiger partial charge is 0.497 e. The van der Waals surface area contributed by atoms with E-state index in [2.05, 4.69) is 34.3 Å². The summed E-state index contributed by atoms with van der Waals surface area (Å²) in [5.74, 6) is 0.148. The van der Waals surface area contributed by atoms with Crippen LogP contribution < -0.4 is 15.0 Å². The van der Waals surface area contributed by atoms with Crippen molar-refractivity contribution in [3.63, 3.8) is 0 Å². The van der Waals surface area contributed by atoms with Gasteiger partial charge in [0.15, 0.2) is 0 Å². The van der Waals surface area contributed by atoms with Crippen LogP contribution in [0.5, 0.6) is 5.75 Å². The number of benzene rings is 2. The Morgan fingerprint density at radius 3 is 2.16 bits per heavy atom. The van der Waals surface area contributed by atoms with E-state index in [9.17, 15) is 9.59 Å². The van der Waals surface area contributed by atoms with Crippen molar-refractivity contribution in [2.45, 2.75) is 13.3 Å².